The zero-order valence-electron chi connectivity index (χ0n) is 20.0. The third-order valence-corrected chi connectivity index (χ3v) is 4.32. The molecular formula is C26H28N4O5. The number of ether oxygens (including phenoxy) is 2. The normalized spacial score (nSPS) is 11.4. The lowest BCUT2D eigenvalue weighted by Crippen LogP contribution is -2.18. The van der Waals surface area contributed by atoms with Crippen molar-refractivity contribution in [2.24, 2.45) is 10.2 Å². The molecule has 3 aromatic rings. The van der Waals surface area contributed by atoms with Crippen molar-refractivity contribution in [2.75, 3.05) is 0 Å². The molecule has 1 aromatic heterocycles. The van der Waals surface area contributed by atoms with Crippen molar-refractivity contribution in [3.8, 4) is 11.5 Å². The highest BCUT2D eigenvalue weighted by molar-refractivity contribution is 5.96. The molecule has 182 valence electrons. The van der Waals surface area contributed by atoms with Gasteiger partial charge in [-0.25, -0.2) is 10.9 Å². The summed E-state index contributed by atoms with van der Waals surface area (Å²) in [6.45, 7) is 7.80. The number of hydrazone groups is 2. The summed E-state index contributed by atoms with van der Waals surface area (Å²) < 4.78 is 16.5. The number of nitrogens with one attached hydrogen (secondary N) is 2. The van der Waals surface area contributed by atoms with Crippen LogP contribution in [0.25, 0.3) is 0 Å². The van der Waals surface area contributed by atoms with Crippen LogP contribution < -0.4 is 20.3 Å². The number of carbonyl (C=O) groups excluding carboxylic acids is 2. The maximum atomic E-state index is 12.2. The fourth-order valence-electron chi connectivity index (χ4n) is 2.83. The van der Waals surface area contributed by atoms with Crippen molar-refractivity contribution in [2.45, 2.75) is 39.9 Å². The van der Waals surface area contributed by atoms with Gasteiger partial charge in [0.2, 0.25) is 0 Å². The van der Waals surface area contributed by atoms with Crippen molar-refractivity contribution in [1.29, 1.82) is 0 Å². The topological polar surface area (TPSA) is 115 Å². The molecule has 0 saturated heterocycles. The van der Waals surface area contributed by atoms with Gasteiger partial charge in [0.05, 0.1) is 24.6 Å². The Kier molecular flexibility index (Phi) is 8.77. The van der Waals surface area contributed by atoms with Gasteiger partial charge in [0.25, 0.3) is 0 Å². The smallest absolute Gasteiger partial charge is 0.307 e. The van der Waals surface area contributed by atoms with E-state index in [9.17, 15) is 9.59 Å². The van der Waals surface area contributed by atoms with Gasteiger partial charge in [-0.2, -0.15) is 10.2 Å². The summed E-state index contributed by atoms with van der Waals surface area (Å²) in [6.07, 6.45) is 3.15. The first kappa shape index (κ1) is 25.2. The first-order chi connectivity index (χ1) is 16.8. The van der Waals surface area contributed by atoms with Gasteiger partial charge in [-0.15, -0.1) is 0 Å². The number of hydrogen-bond acceptors (Lipinski definition) is 7. The molecular weight excluding hydrogens is 448 g/mol. The summed E-state index contributed by atoms with van der Waals surface area (Å²) in [6, 6.07) is 17.3. The van der Waals surface area contributed by atoms with E-state index in [0.29, 0.717) is 0 Å². The van der Waals surface area contributed by atoms with Crippen LogP contribution in [0.15, 0.2) is 75.3 Å². The minimum absolute atomic E-state index is 0.0577. The van der Waals surface area contributed by atoms with Crippen molar-refractivity contribution < 1.29 is 23.5 Å². The molecule has 0 bridgehead atoms. The Bertz CT molecular complexity index is 1090. The number of nitrogens with zero attached hydrogens (tertiary/aromatic N) is 2. The van der Waals surface area contributed by atoms with Crippen LogP contribution in [0.1, 0.15) is 59.9 Å². The quantitative estimate of drug-likeness (QED) is 0.333. The average Bonchev–Trinajstić information content (AvgIpc) is 3.31. The number of furan rings is 1. The van der Waals surface area contributed by atoms with Crippen molar-refractivity contribution in [3.63, 3.8) is 0 Å². The molecule has 2 amide bonds. The monoisotopic (exact) mass is 476 g/mol. The van der Waals surface area contributed by atoms with Crippen molar-refractivity contribution in [1.82, 2.24) is 10.9 Å². The zero-order chi connectivity index (χ0) is 25.2. The van der Waals surface area contributed by atoms with Gasteiger partial charge in [-0.05, 0) is 99.5 Å². The van der Waals surface area contributed by atoms with Crippen molar-refractivity contribution >= 4 is 24.2 Å². The highest BCUT2D eigenvalue weighted by atomic mass is 16.5. The molecule has 35 heavy (non-hydrogen) atoms. The molecule has 9 nitrogen and oxygen atoms in total. The average molecular weight is 477 g/mol. The molecule has 3 rings (SSSR count). The minimum atomic E-state index is -0.590. The van der Waals surface area contributed by atoms with E-state index in [1.54, 1.807) is 0 Å². The molecule has 2 aromatic carbocycles. The number of benzene rings is 2. The standard InChI is InChI=1S/C26H28N4O5/c1-17(2)33-21-9-5-19(6-10-21)15-27-29-25(31)23-13-14-24(35-23)26(32)30-28-16-20-7-11-22(12-8-20)34-18(3)4/h5-18H,1-4H3,(H,29,31)(H,30,32). The summed E-state index contributed by atoms with van der Waals surface area (Å²) in [7, 11) is 0. The molecule has 9 heteroatoms. The number of hydrogen-bond donors (Lipinski definition) is 2. The Morgan fingerprint density at radius 3 is 1.40 bits per heavy atom. The molecule has 0 aliphatic heterocycles. The second kappa shape index (κ2) is 12.2. The predicted molar refractivity (Wildman–Crippen MR) is 133 cm³/mol. The fraction of sp³-hybridized carbons (Fsp3) is 0.231. The Morgan fingerprint density at radius 2 is 1.06 bits per heavy atom. The molecule has 0 spiro atoms. The van der Waals surface area contributed by atoms with Crippen molar-refractivity contribution in [3.05, 3.63) is 83.3 Å². The summed E-state index contributed by atoms with van der Waals surface area (Å²) >= 11 is 0. The van der Waals surface area contributed by atoms with E-state index in [0.717, 1.165) is 22.6 Å². The van der Waals surface area contributed by atoms with Gasteiger partial charge in [0, 0.05) is 0 Å². The SMILES string of the molecule is CC(C)Oc1ccc(C=NNC(=O)c2ccc(C(=O)NN=Cc3ccc(OC(C)C)cc3)o2)cc1. The first-order valence-electron chi connectivity index (χ1n) is 11.1. The predicted octanol–water partition coefficient (Wildman–Crippen LogP) is 4.38. The molecule has 1 heterocycles. The summed E-state index contributed by atoms with van der Waals surface area (Å²) in [5.41, 5.74) is 6.28. The van der Waals surface area contributed by atoms with Crippen LogP contribution >= 0.6 is 0 Å². The molecule has 0 aliphatic rings. The Balaban J connectivity index is 1.48. The van der Waals surface area contributed by atoms with Crippen LogP contribution in [-0.4, -0.2) is 36.5 Å². The molecule has 0 fully saturated rings. The van der Waals surface area contributed by atoms with Gasteiger partial charge < -0.3 is 13.9 Å². The van der Waals surface area contributed by atoms with Crippen LogP contribution in [-0.2, 0) is 0 Å². The van der Waals surface area contributed by atoms with E-state index in [1.807, 2.05) is 76.2 Å². The van der Waals surface area contributed by atoms with Gasteiger partial charge in [-0.1, -0.05) is 0 Å². The number of amides is 2. The van der Waals surface area contributed by atoms with E-state index < -0.39 is 11.8 Å². The van der Waals surface area contributed by atoms with E-state index in [4.69, 9.17) is 13.9 Å². The molecule has 0 unspecified atom stereocenters. The second-order valence-corrected chi connectivity index (χ2v) is 8.03. The maximum absolute atomic E-state index is 12.2. The summed E-state index contributed by atoms with van der Waals surface area (Å²) in [5.74, 6) is 0.206. The Labute approximate surface area is 203 Å². The van der Waals surface area contributed by atoms with Crippen LogP contribution in [0.4, 0.5) is 0 Å². The van der Waals surface area contributed by atoms with Gasteiger partial charge in [0.15, 0.2) is 11.5 Å². The highest BCUT2D eigenvalue weighted by Crippen LogP contribution is 2.14. The minimum Gasteiger partial charge on any atom is -0.491 e. The Hall–Kier alpha value is -4.40. The summed E-state index contributed by atoms with van der Waals surface area (Å²) in [5, 5.41) is 7.82. The van der Waals surface area contributed by atoms with E-state index in [-0.39, 0.29) is 23.7 Å². The van der Waals surface area contributed by atoms with Gasteiger partial charge >= 0.3 is 11.8 Å². The third kappa shape index (κ3) is 8.15. The van der Waals surface area contributed by atoms with Gasteiger partial charge in [-0.3, -0.25) is 9.59 Å². The lowest BCUT2D eigenvalue weighted by atomic mass is 10.2. The lowest BCUT2D eigenvalue weighted by Gasteiger charge is -2.09. The van der Waals surface area contributed by atoms with Crippen LogP contribution in [0.5, 0.6) is 11.5 Å². The lowest BCUT2D eigenvalue weighted by molar-refractivity contribution is 0.0902. The number of rotatable bonds is 10. The molecule has 0 atom stereocenters. The molecule has 0 saturated carbocycles. The van der Waals surface area contributed by atoms with Crippen LogP contribution in [0.2, 0.25) is 0 Å². The van der Waals surface area contributed by atoms with E-state index >= 15 is 0 Å². The van der Waals surface area contributed by atoms with Crippen LogP contribution in [0, 0.1) is 0 Å². The first-order valence-corrected chi connectivity index (χ1v) is 11.1. The van der Waals surface area contributed by atoms with E-state index in [1.165, 1.54) is 24.6 Å². The largest absolute Gasteiger partial charge is 0.491 e. The zero-order valence-corrected chi connectivity index (χ0v) is 20.0. The fourth-order valence-corrected chi connectivity index (χ4v) is 2.83. The van der Waals surface area contributed by atoms with Crippen LogP contribution in [0.3, 0.4) is 0 Å². The molecule has 2 N–H and O–H groups in total. The van der Waals surface area contributed by atoms with E-state index in [2.05, 4.69) is 21.1 Å². The molecule has 0 radical (unpaired) electrons. The highest BCUT2D eigenvalue weighted by Gasteiger charge is 2.15. The van der Waals surface area contributed by atoms with Gasteiger partial charge in [0.1, 0.15) is 11.5 Å². The number of carbonyl (C=O) groups is 2. The maximum Gasteiger partial charge on any atom is 0.307 e. The Morgan fingerprint density at radius 1 is 0.686 bits per heavy atom. The third-order valence-electron chi connectivity index (χ3n) is 4.32. The molecule has 0 aliphatic carbocycles. The second-order valence-electron chi connectivity index (χ2n) is 8.03. The summed E-state index contributed by atoms with van der Waals surface area (Å²) in [4.78, 5) is 24.5.